The van der Waals surface area contributed by atoms with E-state index < -0.39 is 71.1 Å². The van der Waals surface area contributed by atoms with E-state index in [0.717, 1.165) is 63.5 Å². The van der Waals surface area contributed by atoms with Gasteiger partial charge in [0.05, 0.1) is 26.4 Å². The summed E-state index contributed by atoms with van der Waals surface area (Å²) in [4.78, 5) is 0. The average molecular weight is 1110 g/mol. The smallest absolute Gasteiger partial charge is 0.261 e. The Morgan fingerprint density at radius 2 is 1.13 bits per heavy atom. The van der Waals surface area contributed by atoms with E-state index in [0.29, 0.717) is 6.42 Å². The molecule has 0 unspecified atom stereocenters. The number of hydrogen-bond donors (Lipinski definition) is 1. The second-order valence-electron chi connectivity index (χ2n) is 25.4. The quantitative estimate of drug-likeness (QED) is 0.0702. The first kappa shape index (κ1) is 63.0. The van der Waals surface area contributed by atoms with Gasteiger partial charge in [-0.25, -0.2) is 0 Å². The summed E-state index contributed by atoms with van der Waals surface area (Å²) in [5.41, 5.74) is -1.10. The van der Waals surface area contributed by atoms with Gasteiger partial charge in [-0.3, -0.25) is 0 Å². The van der Waals surface area contributed by atoms with Gasteiger partial charge in [0.1, 0.15) is 23.6 Å². The fourth-order valence-electron chi connectivity index (χ4n) is 10.5. The van der Waals surface area contributed by atoms with Crippen molar-refractivity contribution in [3.63, 3.8) is 0 Å². The van der Waals surface area contributed by atoms with E-state index in [4.69, 9.17) is 31.6 Å². The van der Waals surface area contributed by atoms with Crippen molar-refractivity contribution < 1.29 is 36.7 Å². The fourth-order valence-corrected chi connectivity index (χ4v) is 23.5. The lowest BCUT2D eigenvalue weighted by molar-refractivity contribution is -0.127. The first-order chi connectivity index (χ1) is 35.0. The molecule has 2 aliphatic rings. The van der Waals surface area contributed by atoms with Crippen molar-refractivity contribution >= 4 is 52.0 Å². The Morgan fingerprint density at radius 1 is 0.627 bits per heavy atom. The van der Waals surface area contributed by atoms with Gasteiger partial charge in [0, 0.05) is 12.0 Å². The van der Waals surface area contributed by atoms with Gasteiger partial charge < -0.3 is 36.7 Å². The minimum absolute atomic E-state index is 0.0465. The molecule has 0 amide bonds. The molecule has 0 heterocycles. The molecular formula is C62H98O8Si5. The summed E-state index contributed by atoms with van der Waals surface area (Å²) in [7, 11) is -11.7. The van der Waals surface area contributed by atoms with Gasteiger partial charge in [-0.15, -0.1) is 0 Å². The summed E-state index contributed by atoms with van der Waals surface area (Å²) in [6.45, 7) is 43.5. The number of hydrogen-bond acceptors (Lipinski definition) is 8. The van der Waals surface area contributed by atoms with Crippen LogP contribution < -0.4 is 15.1 Å². The maximum Gasteiger partial charge on any atom is 0.261 e. The molecule has 0 bridgehead atoms. The molecule has 0 aromatic heterocycles. The highest BCUT2D eigenvalue weighted by molar-refractivity contribution is 6.99. The summed E-state index contributed by atoms with van der Waals surface area (Å²) < 4.78 is 51.9. The number of ether oxygens (including phenoxy) is 2. The minimum Gasteiger partial charge on any atom is -0.497 e. The van der Waals surface area contributed by atoms with Gasteiger partial charge in [0.15, 0.2) is 45.0 Å². The number of benzene rings is 3. The molecule has 1 N–H and O–H groups in total. The molecule has 414 valence electrons. The number of rotatable bonds is 24. The maximum absolute atomic E-state index is 13.6. The van der Waals surface area contributed by atoms with Crippen LogP contribution in [0.4, 0.5) is 0 Å². The highest BCUT2D eigenvalue weighted by Crippen LogP contribution is 2.50. The van der Waals surface area contributed by atoms with Gasteiger partial charge in [-0.1, -0.05) is 200 Å². The zero-order valence-electron chi connectivity index (χ0n) is 50.1. The van der Waals surface area contributed by atoms with Crippen molar-refractivity contribution in [1.29, 1.82) is 0 Å². The molecular weight excluding hydrogens is 1010 g/mol. The zero-order valence-corrected chi connectivity index (χ0v) is 55.1. The van der Waals surface area contributed by atoms with Crippen LogP contribution in [0.15, 0.2) is 96.6 Å². The van der Waals surface area contributed by atoms with E-state index >= 15 is 0 Å². The van der Waals surface area contributed by atoms with Gasteiger partial charge in [-0.05, 0) is 112 Å². The maximum atomic E-state index is 13.6. The summed E-state index contributed by atoms with van der Waals surface area (Å²) in [5.74, 6) is 15.7. The molecule has 8 nitrogen and oxygen atoms in total. The molecule has 0 saturated heterocycles. The zero-order chi connectivity index (χ0) is 55.9. The lowest BCUT2D eigenvalue weighted by atomic mass is 9.89. The van der Waals surface area contributed by atoms with Crippen molar-refractivity contribution in [3.05, 3.63) is 102 Å². The van der Waals surface area contributed by atoms with Crippen LogP contribution in [0, 0.1) is 23.7 Å². The Kier molecular flexibility index (Phi) is 20.7. The van der Waals surface area contributed by atoms with E-state index in [2.05, 4.69) is 220 Å². The van der Waals surface area contributed by atoms with Crippen molar-refractivity contribution in [2.24, 2.45) is 0 Å². The number of aliphatic hydroxyl groups excluding tert-OH is 1. The SMILES string of the molecule is CC[Si](CC)(CC)O[C@H]1C#C[C@H](O)[C@](O[Si](CC)(CC)CC)([C@H](CO[Si](c2ccccc2)(c2ccccc2)C(C)(C)C)OCc2ccc(OC)cc2)C#CC2=C[C@@H](O[Si](C)(C)C(C)(C)C)C[C@@]21O[Si](C)(C)C(C)(C)C. The molecule has 0 aliphatic heterocycles. The third-order valence-electron chi connectivity index (χ3n) is 18.0. The number of aliphatic hydroxyl groups is 1. The van der Waals surface area contributed by atoms with Crippen LogP contribution in [0.2, 0.25) is 77.6 Å². The van der Waals surface area contributed by atoms with E-state index in [1.165, 1.54) is 0 Å². The third-order valence-corrected chi connectivity index (χ3v) is 41.2. The molecule has 3 aromatic rings. The Balaban J connectivity index is 1.95. The average Bonchev–Trinajstić information content (AvgIpc) is 3.71. The third kappa shape index (κ3) is 13.4. The normalized spacial score (nSPS) is 22.4. The lowest BCUT2D eigenvalue weighted by Gasteiger charge is -2.49. The van der Waals surface area contributed by atoms with Crippen LogP contribution >= 0.6 is 0 Å². The minimum atomic E-state index is -3.21. The van der Waals surface area contributed by atoms with Gasteiger partial charge in [0.25, 0.3) is 8.32 Å². The predicted molar refractivity (Wildman–Crippen MR) is 326 cm³/mol. The molecule has 5 rings (SSSR count). The molecule has 0 saturated carbocycles. The van der Waals surface area contributed by atoms with Gasteiger partial charge >= 0.3 is 0 Å². The fraction of sp³-hybridized carbons (Fsp3) is 0.613. The van der Waals surface area contributed by atoms with Crippen LogP contribution in [0.1, 0.15) is 116 Å². The van der Waals surface area contributed by atoms with Crippen molar-refractivity contribution in [3.8, 4) is 29.4 Å². The second-order valence-corrected chi connectivity index (χ2v) is 48.6. The van der Waals surface area contributed by atoms with E-state index in [9.17, 15) is 5.11 Å². The summed E-state index contributed by atoms with van der Waals surface area (Å²) in [5, 5.41) is 15.3. The molecule has 0 fully saturated rings. The number of methoxy groups -OCH3 is 1. The van der Waals surface area contributed by atoms with Gasteiger partial charge in [0.2, 0.25) is 0 Å². The largest absolute Gasteiger partial charge is 0.497 e. The highest BCUT2D eigenvalue weighted by Gasteiger charge is 2.59. The van der Waals surface area contributed by atoms with Crippen molar-refractivity contribution in [2.45, 2.75) is 230 Å². The highest BCUT2D eigenvalue weighted by atomic mass is 28.4. The summed E-state index contributed by atoms with van der Waals surface area (Å²) in [6, 6.07) is 34.4. The predicted octanol–water partition coefficient (Wildman–Crippen LogP) is 14.2. The van der Waals surface area contributed by atoms with E-state index in [1.54, 1.807) is 7.11 Å². The van der Waals surface area contributed by atoms with Crippen LogP contribution in [0.5, 0.6) is 5.75 Å². The van der Waals surface area contributed by atoms with Crippen molar-refractivity contribution in [1.82, 2.24) is 0 Å². The Labute approximate surface area is 461 Å². The molecule has 3 aromatic carbocycles. The van der Waals surface area contributed by atoms with Crippen LogP contribution in [0.25, 0.3) is 0 Å². The summed E-state index contributed by atoms with van der Waals surface area (Å²) >= 11 is 0. The standard InChI is InChI=1S/C62H98O8Si5/c1-21-73(22-2,23-3)68-56-42-41-55(63)61(70-74(24-4,25-5)26-6,44-43-50-45-52(67-71(17,18)58(7,8)9)46-62(50,56)69-72(19,20)59(10,11)12)57(65-47-49-37-39-51(64-16)40-38-49)48-66-75(60(13,14)15,53-33-29-27-30-34-53)54-35-31-28-32-36-54/h27-40,45,52,55-57,63H,21-26,46-48H2,1-20H3/t52-,55+,56+,57+,61+,62-/m1/s1. The molecule has 0 spiro atoms. The van der Waals surface area contributed by atoms with Crippen LogP contribution in [-0.2, 0) is 33.5 Å². The van der Waals surface area contributed by atoms with Crippen LogP contribution in [-0.4, -0.2) is 96.0 Å². The molecule has 2 aliphatic carbocycles. The molecule has 75 heavy (non-hydrogen) atoms. The summed E-state index contributed by atoms with van der Waals surface area (Å²) in [6.07, 6.45) is -0.739. The number of fused-ring (bicyclic) bond motifs is 1. The Bertz CT molecular complexity index is 2410. The molecule has 13 heteroatoms. The van der Waals surface area contributed by atoms with Crippen molar-refractivity contribution in [2.75, 3.05) is 13.7 Å². The Hall–Kier alpha value is -2.88. The van der Waals surface area contributed by atoms with E-state index in [1.807, 2.05) is 24.3 Å². The first-order valence-electron chi connectivity index (χ1n) is 28.2. The second kappa shape index (κ2) is 24.6. The monoisotopic (exact) mass is 1110 g/mol. The lowest BCUT2D eigenvalue weighted by Crippen LogP contribution is -2.68. The van der Waals surface area contributed by atoms with Gasteiger partial charge in [-0.2, -0.15) is 0 Å². The first-order valence-corrected chi connectivity index (χ1v) is 41.0. The van der Waals surface area contributed by atoms with E-state index in [-0.39, 0.29) is 34.4 Å². The Morgan fingerprint density at radius 3 is 1.59 bits per heavy atom. The molecule has 6 atom stereocenters. The topological polar surface area (TPSA) is 84.8 Å². The molecule has 0 radical (unpaired) electrons. The van der Waals surface area contributed by atoms with Crippen LogP contribution in [0.3, 0.4) is 0 Å².